The van der Waals surface area contributed by atoms with Gasteiger partial charge in [-0.3, -0.25) is 4.57 Å². The first kappa shape index (κ1) is 13.9. The van der Waals surface area contributed by atoms with Crippen molar-refractivity contribution in [3.63, 3.8) is 0 Å². The third kappa shape index (κ3) is 3.69. The van der Waals surface area contributed by atoms with E-state index in [1.807, 2.05) is 0 Å². The lowest BCUT2D eigenvalue weighted by Crippen LogP contribution is -2.30. The first-order valence-electron chi connectivity index (χ1n) is 4.85. The molecule has 1 aromatic rings. The van der Waals surface area contributed by atoms with Crippen LogP contribution in [-0.4, -0.2) is 39.9 Å². The van der Waals surface area contributed by atoms with Crippen LogP contribution in [0.2, 0.25) is 0 Å². The highest BCUT2D eigenvalue weighted by Crippen LogP contribution is 2.14. The predicted octanol–water partition coefficient (Wildman–Crippen LogP) is -0.165. The first-order valence-corrected chi connectivity index (χ1v) is 6.01. The third-order valence-corrected chi connectivity index (χ3v) is 3.00. The Morgan fingerprint density at radius 3 is 3.06 bits per heavy atom. The lowest BCUT2D eigenvalue weighted by molar-refractivity contribution is 0.0596. The standard InChI is InChI=1S/C9H14FN3O3S/c1-16-7(5-17-3-2-14)13-4-6(10)8(11)12-9(13)15/h4,7,14H,2-3,5H2,1H3,(H2,11,12,15)/t7-/m0/s1. The fourth-order valence-corrected chi connectivity index (χ4v) is 1.97. The summed E-state index contributed by atoms with van der Waals surface area (Å²) in [6.07, 6.45) is 0.333. The van der Waals surface area contributed by atoms with Crippen molar-refractivity contribution >= 4 is 17.6 Å². The summed E-state index contributed by atoms with van der Waals surface area (Å²) in [7, 11) is 1.41. The van der Waals surface area contributed by atoms with Gasteiger partial charge >= 0.3 is 5.69 Å². The number of hydrogen-bond donors (Lipinski definition) is 2. The maximum absolute atomic E-state index is 13.2. The van der Waals surface area contributed by atoms with Gasteiger partial charge in [0, 0.05) is 18.6 Å². The van der Waals surface area contributed by atoms with Crippen molar-refractivity contribution in [2.24, 2.45) is 0 Å². The number of nitrogens with zero attached hydrogens (tertiary/aromatic N) is 2. The smallest absolute Gasteiger partial charge is 0.351 e. The van der Waals surface area contributed by atoms with E-state index in [1.54, 1.807) is 0 Å². The van der Waals surface area contributed by atoms with Gasteiger partial charge in [0.15, 0.2) is 11.6 Å². The zero-order chi connectivity index (χ0) is 12.8. The highest BCUT2D eigenvalue weighted by Gasteiger charge is 2.14. The molecular weight excluding hydrogens is 249 g/mol. The molecule has 0 radical (unpaired) electrons. The molecule has 0 aromatic carbocycles. The molecule has 0 fully saturated rings. The van der Waals surface area contributed by atoms with Gasteiger partial charge in [0.1, 0.15) is 6.23 Å². The molecule has 1 atom stereocenters. The van der Waals surface area contributed by atoms with Crippen molar-refractivity contribution in [2.75, 3.05) is 31.0 Å². The summed E-state index contributed by atoms with van der Waals surface area (Å²) in [6, 6.07) is 0. The molecule has 3 N–H and O–H groups in total. The number of aliphatic hydroxyl groups is 1. The Morgan fingerprint density at radius 2 is 2.47 bits per heavy atom. The number of aliphatic hydroxyl groups excluding tert-OH is 1. The van der Waals surface area contributed by atoms with Crippen LogP contribution < -0.4 is 11.4 Å². The van der Waals surface area contributed by atoms with Crippen molar-refractivity contribution in [3.8, 4) is 0 Å². The van der Waals surface area contributed by atoms with Crippen LogP contribution in [0, 0.1) is 5.82 Å². The number of halogens is 1. The molecule has 1 heterocycles. The Morgan fingerprint density at radius 1 is 1.76 bits per heavy atom. The molecule has 0 aliphatic carbocycles. The topological polar surface area (TPSA) is 90.4 Å². The second-order valence-electron chi connectivity index (χ2n) is 3.15. The molecule has 8 heteroatoms. The molecule has 0 spiro atoms. The number of anilines is 1. The molecule has 0 aliphatic heterocycles. The summed E-state index contributed by atoms with van der Waals surface area (Å²) in [5.74, 6) is -0.274. The maximum atomic E-state index is 13.2. The van der Waals surface area contributed by atoms with E-state index in [0.29, 0.717) is 11.5 Å². The predicted molar refractivity (Wildman–Crippen MR) is 63.3 cm³/mol. The second kappa shape index (κ2) is 6.58. The summed E-state index contributed by atoms with van der Waals surface area (Å²) < 4.78 is 19.3. The molecule has 0 saturated carbocycles. The van der Waals surface area contributed by atoms with E-state index in [9.17, 15) is 9.18 Å². The number of aromatic nitrogens is 2. The molecule has 0 bridgehead atoms. The van der Waals surface area contributed by atoms with Crippen molar-refractivity contribution in [3.05, 3.63) is 22.5 Å². The summed E-state index contributed by atoms with van der Waals surface area (Å²) >= 11 is 1.38. The summed E-state index contributed by atoms with van der Waals surface area (Å²) in [5.41, 5.74) is 4.51. The number of nitrogen functional groups attached to an aromatic ring is 1. The van der Waals surface area contributed by atoms with Crippen molar-refractivity contribution in [1.29, 1.82) is 0 Å². The van der Waals surface area contributed by atoms with Gasteiger partial charge in [0.2, 0.25) is 0 Å². The lowest BCUT2D eigenvalue weighted by atomic mass is 10.5. The molecule has 1 rings (SSSR count). The van der Waals surface area contributed by atoms with Gasteiger partial charge < -0.3 is 15.6 Å². The van der Waals surface area contributed by atoms with E-state index in [4.69, 9.17) is 15.6 Å². The zero-order valence-corrected chi connectivity index (χ0v) is 10.1. The molecular formula is C9H14FN3O3S. The largest absolute Gasteiger partial charge is 0.396 e. The summed E-state index contributed by atoms with van der Waals surface area (Å²) in [5, 5.41) is 8.64. The van der Waals surface area contributed by atoms with Gasteiger partial charge in [0.25, 0.3) is 0 Å². The SMILES string of the molecule is CO[C@@H](CSCCO)n1cc(F)c(N)nc1=O. The number of nitrogens with two attached hydrogens (primary N) is 1. The van der Waals surface area contributed by atoms with Crippen LogP contribution in [0.25, 0.3) is 0 Å². The van der Waals surface area contributed by atoms with Crippen molar-refractivity contribution in [2.45, 2.75) is 6.23 Å². The zero-order valence-electron chi connectivity index (χ0n) is 9.30. The van der Waals surface area contributed by atoms with Crippen LogP contribution in [0.4, 0.5) is 10.2 Å². The Balaban J connectivity index is 2.88. The Hall–Kier alpha value is -1.12. The van der Waals surface area contributed by atoms with Gasteiger partial charge in [-0.05, 0) is 0 Å². The maximum Gasteiger partial charge on any atom is 0.351 e. The number of hydrogen-bond acceptors (Lipinski definition) is 6. The van der Waals surface area contributed by atoms with Crippen LogP contribution in [-0.2, 0) is 4.74 Å². The van der Waals surface area contributed by atoms with E-state index < -0.39 is 23.6 Å². The fourth-order valence-electron chi connectivity index (χ4n) is 1.17. The summed E-state index contributed by atoms with van der Waals surface area (Å²) in [4.78, 5) is 14.8. The van der Waals surface area contributed by atoms with Crippen molar-refractivity contribution < 1.29 is 14.2 Å². The number of methoxy groups -OCH3 is 1. The van der Waals surface area contributed by atoms with Crippen LogP contribution in [0.3, 0.4) is 0 Å². The Labute approximate surface area is 102 Å². The number of thioether (sulfide) groups is 1. The lowest BCUT2D eigenvalue weighted by Gasteiger charge is -2.17. The molecule has 96 valence electrons. The second-order valence-corrected chi connectivity index (χ2v) is 4.30. The molecule has 0 saturated heterocycles. The molecule has 0 unspecified atom stereocenters. The van der Waals surface area contributed by atoms with Crippen LogP contribution in [0.15, 0.2) is 11.0 Å². The molecule has 0 aliphatic rings. The summed E-state index contributed by atoms with van der Waals surface area (Å²) in [6.45, 7) is 0.0321. The highest BCUT2D eigenvalue weighted by atomic mass is 32.2. The van der Waals surface area contributed by atoms with Gasteiger partial charge in [-0.25, -0.2) is 9.18 Å². The molecule has 17 heavy (non-hydrogen) atoms. The van der Waals surface area contributed by atoms with E-state index in [-0.39, 0.29) is 6.61 Å². The van der Waals surface area contributed by atoms with Gasteiger partial charge in [0.05, 0.1) is 12.8 Å². The minimum Gasteiger partial charge on any atom is -0.396 e. The normalized spacial score (nSPS) is 12.6. The van der Waals surface area contributed by atoms with Crippen LogP contribution in [0.5, 0.6) is 0 Å². The number of ether oxygens (including phenoxy) is 1. The van der Waals surface area contributed by atoms with Gasteiger partial charge in [-0.2, -0.15) is 16.7 Å². The third-order valence-electron chi connectivity index (χ3n) is 2.01. The highest BCUT2D eigenvalue weighted by molar-refractivity contribution is 7.99. The minimum absolute atomic E-state index is 0.0321. The monoisotopic (exact) mass is 263 g/mol. The van der Waals surface area contributed by atoms with Crippen LogP contribution in [0.1, 0.15) is 6.23 Å². The molecule has 6 nitrogen and oxygen atoms in total. The van der Waals surface area contributed by atoms with E-state index >= 15 is 0 Å². The Kier molecular flexibility index (Phi) is 5.39. The molecule has 1 aromatic heterocycles. The minimum atomic E-state index is -0.765. The van der Waals surface area contributed by atoms with Crippen molar-refractivity contribution in [1.82, 2.24) is 9.55 Å². The van der Waals surface area contributed by atoms with E-state index in [2.05, 4.69) is 4.98 Å². The average molecular weight is 263 g/mol. The Bertz CT molecular complexity index is 426. The quantitative estimate of drug-likeness (QED) is 0.693. The first-order chi connectivity index (χ1) is 8.10. The number of rotatable bonds is 6. The van der Waals surface area contributed by atoms with E-state index in [0.717, 1.165) is 10.8 Å². The van der Waals surface area contributed by atoms with Gasteiger partial charge in [-0.1, -0.05) is 0 Å². The van der Waals surface area contributed by atoms with E-state index in [1.165, 1.54) is 18.9 Å². The van der Waals surface area contributed by atoms with Gasteiger partial charge in [-0.15, -0.1) is 0 Å². The average Bonchev–Trinajstić information content (AvgIpc) is 2.30. The fraction of sp³-hybridized carbons (Fsp3) is 0.556. The van der Waals surface area contributed by atoms with Crippen LogP contribution >= 0.6 is 11.8 Å². The molecule has 0 amide bonds.